The molecular weight excluding hydrogens is 400 g/mol. The van der Waals surface area contributed by atoms with Crippen LogP contribution in [-0.4, -0.2) is 4.57 Å². The van der Waals surface area contributed by atoms with Crippen molar-refractivity contribution in [2.45, 2.75) is 182 Å². The average Bonchev–Trinajstić information content (AvgIpc) is 3.21. The van der Waals surface area contributed by atoms with Gasteiger partial charge in [0.05, 0.1) is 13.1 Å². The molecule has 194 valence electrons. The quantitative estimate of drug-likeness (QED) is 0.101. The van der Waals surface area contributed by atoms with E-state index in [1.165, 1.54) is 161 Å². The van der Waals surface area contributed by atoms with Crippen molar-refractivity contribution >= 4 is 0 Å². The summed E-state index contributed by atoms with van der Waals surface area (Å²) < 4.78 is 5.18. The van der Waals surface area contributed by atoms with Crippen molar-refractivity contribution in [3.63, 3.8) is 0 Å². The highest BCUT2D eigenvalue weighted by Crippen LogP contribution is 2.13. The number of unbranched alkanes of at least 4 members (excludes halogenated alkanes) is 19. The number of imidazole rings is 1. The molecule has 1 rings (SSSR count). The molecule has 2 heteroatoms. The molecule has 0 saturated heterocycles. The monoisotopic (exact) mass is 461 g/mol. The summed E-state index contributed by atoms with van der Waals surface area (Å²) in [5.41, 5.74) is 0. The molecule has 0 amide bonds. The van der Waals surface area contributed by atoms with Crippen molar-refractivity contribution in [3.8, 4) is 0 Å². The Kier molecular flexibility index (Phi) is 21.1. The van der Waals surface area contributed by atoms with Crippen molar-refractivity contribution in [1.29, 1.82) is 0 Å². The summed E-state index contributed by atoms with van der Waals surface area (Å²) in [4.78, 5) is 0. The molecule has 0 aliphatic rings. The van der Waals surface area contributed by atoms with Gasteiger partial charge in [-0.2, -0.15) is 0 Å². The molecule has 0 saturated carbocycles. The van der Waals surface area contributed by atoms with E-state index in [9.17, 15) is 0 Å². The Balaban J connectivity index is 2.24. The number of hydrogen-bond donors (Lipinski definition) is 0. The zero-order valence-corrected chi connectivity index (χ0v) is 23.2. The Bertz CT molecular complexity index is 519. The maximum atomic E-state index is 2.59. The molecule has 0 spiro atoms. The van der Waals surface area contributed by atoms with E-state index in [2.05, 4.69) is 42.3 Å². The van der Waals surface area contributed by atoms with Gasteiger partial charge in [0.25, 0.3) is 5.82 Å². The third-order valence-electron chi connectivity index (χ3n) is 7.35. The van der Waals surface area contributed by atoms with Crippen LogP contribution >= 0.6 is 0 Å². The molecule has 33 heavy (non-hydrogen) atoms. The van der Waals surface area contributed by atoms with E-state index in [1.807, 2.05) is 0 Å². The average molecular weight is 462 g/mol. The van der Waals surface area contributed by atoms with E-state index in [0.29, 0.717) is 0 Å². The zero-order valence-electron chi connectivity index (χ0n) is 23.2. The lowest BCUT2D eigenvalue weighted by atomic mass is 10.1. The number of aromatic nitrogens is 2. The van der Waals surface area contributed by atoms with Crippen LogP contribution < -0.4 is 4.57 Å². The molecule has 2 nitrogen and oxygen atoms in total. The van der Waals surface area contributed by atoms with Crippen LogP contribution in [-0.2, 0) is 19.5 Å². The zero-order chi connectivity index (χ0) is 23.8. The number of rotatable bonds is 25. The van der Waals surface area contributed by atoms with Crippen molar-refractivity contribution in [1.82, 2.24) is 4.57 Å². The van der Waals surface area contributed by atoms with Crippen molar-refractivity contribution in [2.24, 2.45) is 0 Å². The van der Waals surface area contributed by atoms with Crippen molar-refractivity contribution in [2.75, 3.05) is 0 Å². The smallest absolute Gasteiger partial charge is 0.234 e. The predicted octanol–water partition coefficient (Wildman–Crippen LogP) is 9.96. The van der Waals surface area contributed by atoms with Crippen LogP contribution in [0.2, 0.25) is 0 Å². The molecule has 0 unspecified atom stereocenters. The standard InChI is InChI=1S/C31H61N2/c1-4-7-10-12-14-16-17-18-20-22-25-28-33-30-29-32(31(33)26-23-9-6-3)27-24-21-19-15-13-11-8-5-2/h29-30H,4-28H2,1-3H3/q+1. The fraction of sp³-hybridized carbons (Fsp3) is 0.903. The fourth-order valence-electron chi connectivity index (χ4n) is 5.09. The summed E-state index contributed by atoms with van der Waals surface area (Å²) in [6.45, 7) is 9.38. The number of hydrogen-bond acceptors (Lipinski definition) is 0. The topological polar surface area (TPSA) is 8.81 Å². The molecule has 0 fully saturated rings. The summed E-state index contributed by atoms with van der Waals surface area (Å²) in [7, 11) is 0. The number of aryl methyl sites for hydroxylation is 2. The van der Waals surface area contributed by atoms with Gasteiger partial charge in [-0.1, -0.05) is 130 Å². The van der Waals surface area contributed by atoms with Gasteiger partial charge >= 0.3 is 0 Å². The Hall–Kier alpha value is -0.790. The highest BCUT2D eigenvalue weighted by atomic mass is 15.1. The molecule has 0 bridgehead atoms. The highest BCUT2D eigenvalue weighted by molar-refractivity contribution is 4.84. The highest BCUT2D eigenvalue weighted by Gasteiger charge is 2.16. The summed E-state index contributed by atoms with van der Waals surface area (Å²) in [6, 6.07) is 0. The molecule has 0 radical (unpaired) electrons. The van der Waals surface area contributed by atoms with E-state index in [-0.39, 0.29) is 0 Å². The molecule has 0 atom stereocenters. The van der Waals surface area contributed by atoms with E-state index >= 15 is 0 Å². The molecule has 0 aromatic carbocycles. The second-order valence-corrected chi connectivity index (χ2v) is 10.6. The van der Waals surface area contributed by atoms with E-state index in [4.69, 9.17) is 0 Å². The Morgan fingerprint density at radius 2 is 0.939 bits per heavy atom. The van der Waals surface area contributed by atoms with Crippen LogP contribution in [0.25, 0.3) is 0 Å². The van der Waals surface area contributed by atoms with Gasteiger partial charge < -0.3 is 0 Å². The molecule has 1 aromatic heterocycles. The van der Waals surface area contributed by atoms with Gasteiger partial charge in [-0.15, -0.1) is 0 Å². The van der Waals surface area contributed by atoms with Crippen molar-refractivity contribution < 1.29 is 4.57 Å². The van der Waals surface area contributed by atoms with Gasteiger partial charge in [0, 0.05) is 6.42 Å². The maximum Gasteiger partial charge on any atom is 0.256 e. The minimum atomic E-state index is 1.22. The first kappa shape index (κ1) is 30.2. The largest absolute Gasteiger partial charge is 0.256 e. The van der Waals surface area contributed by atoms with Crippen LogP contribution in [0.3, 0.4) is 0 Å². The maximum absolute atomic E-state index is 2.59. The summed E-state index contributed by atoms with van der Waals surface area (Å²) >= 11 is 0. The minimum Gasteiger partial charge on any atom is -0.234 e. The Labute approximate surface area is 208 Å². The van der Waals surface area contributed by atoms with Crippen LogP contribution in [0, 0.1) is 0 Å². The van der Waals surface area contributed by atoms with Crippen molar-refractivity contribution in [3.05, 3.63) is 18.2 Å². The van der Waals surface area contributed by atoms with Gasteiger partial charge in [-0.3, -0.25) is 0 Å². The SMILES string of the molecule is CCCCCCCCCCCCC[n+]1ccn(CCCCCCCCCC)c1CCCCC. The lowest BCUT2D eigenvalue weighted by Gasteiger charge is -2.06. The van der Waals surface area contributed by atoms with Crippen LogP contribution in [0.1, 0.15) is 168 Å². The number of nitrogens with zero attached hydrogens (tertiary/aromatic N) is 2. The van der Waals surface area contributed by atoms with E-state index < -0.39 is 0 Å². The molecule has 1 heterocycles. The van der Waals surface area contributed by atoms with Crippen LogP contribution in [0.4, 0.5) is 0 Å². The molecular formula is C31H61N2+. The third-order valence-corrected chi connectivity index (χ3v) is 7.35. The molecule has 0 N–H and O–H groups in total. The Morgan fingerprint density at radius 3 is 1.45 bits per heavy atom. The molecule has 0 aliphatic carbocycles. The lowest BCUT2D eigenvalue weighted by Crippen LogP contribution is -2.37. The summed E-state index contributed by atoms with van der Waals surface area (Å²) in [5.74, 6) is 1.60. The third kappa shape index (κ3) is 16.5. The minimum absolute atomic E-state index is 1.22. The van der Waals surface area contributed by atoms with Crippen LogP contribution in [0.5, 0.6) is 0 Å². The van der Waals surface area contributed by atoms with E-state index in [1.54, 1.807) is 5.82 Å². The first-order valence-corrected chi connectivity index (χ1v) is 15.4. The first-order chi connectivity index (χ1) is 16.3. The summed E-state index contributed by atoms with van der Waals surface area (Å²) in [6.07, 6.45) is 37.0. The molecule has 1 aromatic rings. The van der Waals surface area contributed by atoms with Gasteiger partial charge in [-0.25, -0.2) is 9.13 Å². The second-order valence-electron chi connectivity index (χ2n) is 10.6. The van der Waals surface area contributed by atoms with E-state index in [0.717, 1.165) is 0 Å². The van der Waals surface area contributed by atoms with Gasteiger partial charge in [0.1, 0.15) is 12.4 Å². The summed E-state index contributed by atoms with van der Waals surface area (Å²) in [5, 5.41) is 0. The lowest BCUT2D eigenvalue weighted by molar-refractivity contribution is -0.704. The van der Waals surface area contributed by atoms with Crippen LogP contribution in [0.15, 0.2) is 12.4 Å². The first-order valence-electron chi connectivity index (χ1n) is 15.4. The fourth-order valence-corrected chi connectivity index (χ4v) is 5.09. The normalized spacial score (nSPS) is 11.5. The predicted molar refractivity (Wildman–Crippen MR) is 147 cm³/mol. The Morgan fingerprint density at radius 1 is 0.515 bits per heavy atom. The van der Waals surface area contributed by atoms with Gasteiger partial charge in [0.15, 0.2) is 0 Å². The van der Waals surface area contributed by atoms with Gasteiger partial charge in [-0.05, 0) is 32.1 Å². The second kappa shape index (κ2) is 23.0. The molecule has 0 aliphatic heterocycles. The van der Waals surface area contributed by atoms with Gasteiger partial charge in [0.2, 0.25) is 0 Å².